The van der Waals surface area contributed by atoms with Crippen LogP contribution in [0.4, 0.5) is 0 Å². The van der Waals surface area contributed by atoms with Crippen LogP contribution in [0.5, 0.6) is 0 Å². The van der Waals surface area contributed by atoms with E-state index < -0.39 is 11.5 Å². The van der Waals surface area contributed by atoms with Gasteiger partial charge in [0.1, 0.15) is 0 Å². The van der Waals surface area contributed by atoms with Gasteiger partial charge in [0, 0.05) is 23.1 Å². The summed E-state index contributed by atoms with van der Waals surface area (Å²) in [7, 11) is 0. The quantitative estimate of drug-likeness (QED) is 0.765. The lowest BCUT2D eigenvalue weighted by Gasteiger charge is -2.37. The topological polar surface area (TPSA) is 75.6 Å². The van der Waals surface area contributed by atoms with Crippen LogP contribution in [0.3, 0.4) is 0 Å². The van der Waals surface area contributed by atoms with Crippen LogP contribution in [0, 0.1) is 0 Å². The van der Waals surface area contributed by atoms with Gasteiger partial charge in [0.05, 0.1) is 17.2 Å². The number of hydrogen-bond acceptors (Lipinski definition) is 4. The lowest BCUT2D eigenvalue weighted by atomic mass is 9.86. The Morgan fingerprint density at radius 3 is 2.52 bits per heavy atom. The molecule has 1 fully saturated rings. The van der Waals surface area contributed by atoms with Crippen LogP contribution in [0.25, 0.3) is 0 Å². The van der Waals surface area contributed by atoms with E-state index in [0.717, 1.165) is 4.90 Å². The van der Waals surface area contributed by atoms with E-state index in [4.69, 9.17) is 21.4 Å². The maximum atomic E-state index is 12.5. The molecule has 0 aliphatic carbocycles. The fourth-order valence-electron chi connectivity index (χ4n) is 2.53. The Hall–Kier alpha value is -1.24. The summed E-state index contributed by atoms with van der Waals surface area (Å²) in [5.74, 6) is -1.07. The zero-order valence-electron chi connectivity index (χ0n) is 12.9. The highest BCUT2D eigenvalue weighted by Crippen LogP contribution is 2.28. The third-order valence-corrected chi connectivity index (χ3v) is 5.19. The maximum absolute atomic E-state index is 12.5. The zero-order valence-corrected chi connectivity index (χ0v) is 14.5. The van der Waals surface area contributed by atoms with Crippen LogP contribution in [0.2, 0.25) is 5.02 Å². The first kappa shape index (κ1) is 18.1. The van der Waals surface area contributed by atoms with Crippen LogP contribution in [-0.2, 0) is 14.3 Å². The molecule has 126 valence electrons. The second-order valence-electron chi connectivity index (χ2n) is 5.67. The number of halogens is 1. The van der Waals surface area contributed by atoms with Gasteiger partial charge in [-0.2, -0.15) is 0 Å². The molecule has 23 heavy (non-hydrogen) atoms. The average molecular weight is 358 g/mol. The van der Waals surface area contributed by atoms with Crippen molar-refractivity contribution in [1.29, 1.82) is 0 Å². The van der Waals surface area contributed by atoms with Crippen LogP contribution >= 0.6 is 23.4 Å². The molecular weight excluding hydrogens is 338 g/mol. The number of benzene rings is 1. The SMILES string of the molecule is CC(Sc1ccc(Cl)cc1)C(=O)NC1(CC(=O)O)CCOCC1. The van der Waals surface area contributed by atoms with Crippen LogP contribution < -0.4 is 5.32 Å². The van der Waals surface area contributed by atoms with Gasteiger partial charge in [-0.3, -0.25) is 9.59 Å². The van der Waals surface area contributed by atoms with Gasteiger partial charge in [0.25, 0.3) is 0 Å². The second-order valence-corrected chi connectivity index (χ2v) is 7.52. The molecule has 5 nitrogen and oxygen atoms in total. The smallest absolute Gasteiger partial charge is 0.305 e. The van der Waals surface area contributed by atoms with Crippen LogP contribution in [0.1, 0.15) is 26.2 Å². The Morgan fingerprint density at radius 2 is 1.96 bits per heavy atom. The molecule has 0 bridgehead atoms. The van der Waals surface area contributed by atoms with Gasteiger partial charge in [0.2, 0.25) is 5.91 Å². The van der Waals surface area contributed by atoms with Gasteiger partial charge in [-0.15, -0.1) is 11.8 Å². The molecule has 2 N–H and O–H groups in total. The van der Waals surface area contributed by atoms with E-state index in [1.807, 2.05) is 19.1 Å². The monoisotopic (exact) mass is 357 g/mol. The predicted octanol–water partition coefficient (Wildman–Crippen LogP) is 2.96. The van der Waals surface area contributed by atoms with E-state index in [9.17, 15) is 9.59 Å². The first-order valence-corrected chi connectivity index (χ1v) is 8.70. The number of carboxylic acids is 1. The number of carbonyl (C=O) groups is 2. The molecule has 1 aromatic carbocycles. The number of carbonyl (C=O) groups excluding carboxylic acids is 1. The summed E-state index contributed by atoms with van der Waals surface area (Å²) in [5, 5.41) is 12.4. The molecule has 1 heterocycles. The first-order valence-electron chi connectivity index (χ1n) is 7.44. The first-order chi connectivity index (χ1) is 10.9. The fraction of sp³-hybridized carbons (Fsp3) is 0.500. The maximum Gasteiger partial charge on any atom is 0.305 e. The third kappa shape index (κ3) is 5.41. The molecule has 7 heteroatoms. The van der Waals surface area contributed by atoms with Crippen molar-refractivity contribution in [2.75, 3.05) is 13.2 Å². The van der Waals surface area contributed by atoms with E-state index in [-0.39, 0.29) is 17.6 Å². The molecular formula is C16H20ClNO4S. The highest BCUT2D eigenvalue weighted by molar-refractivity contribution is 8.00. The molecule has 1 amide bonds. The van der Waals surface area contributed by atoms with Crippen molar-refractivity contribution in [2.24, 2.45) is 0 Å². The molecule has 1 saturated heterocycles. The predicted molar refractivity (Wildman–Crippen MR) is 90.0 cm³/mol. The number of hydrogen-bond donors (Lipinski definition) is 2. The number of thioether (sulfide) groups is 1. The molecule has 1 aliphatic heterocycles. The lowest BCUT2D eigenvalue weighted by Crippen LogP contribution is -2.54. The van der Waals surface area contributed by atoms with E-state index in [2.05, 4.69) is 5.32 Å². The van der Waals surface area contributed by atoms with Crippen molar-refractivity contribution < 1.29 is 19.4 Å². The van der Waals surface area contributed by atoms with Gasteiger partial charge in [-0.1, -0.05) is 11.6 Å². The minimum atomic E-state index is -0.912. The number of aliphatic carboxylic acids is 1. The van der Waals surface area contributed by atoms with Crippen molar-refractivity contribution in [2.45, 2.75) is 41.9 Å². The van der Waals surface area contributed by atoms with Gasteiger partial charge in [-0.05, 0) is 44.0 Å². The van der Waals surface area contributed by atoms with Crippen molar-refractivity contribution in [3.63, 3.8) is 0 Å². The summed E-state index contributed by atoms with van der Waals surface area (Å²) in [6.07, 6.45) is 0.952. The lowest BCUT2D eigenvalue weighted by molar-refractivity contribution is -0.140. The van der Waals surface area contributed by atoms with Crippen LogP contribution in [0.15, 0.2) is 29.2 Å². The molecule has 2 rings (SSSR count). The minimum absolute atomic E-state index is 0.0829. The molecule has 1 aliphatic rings. The summed E-state index contributed by atoms with van der Waals surface area (Å²) >= 11 is 7.27. The number of carboxylic acid groups (broad SMARTS) is 1. The number of rotatable bonds is 6. The van der Waals surface area contributed by atoms with E-state index in [0.29, 0.717) is 31.1 Å². The van der Waals surface area contributed by atoms with Gasteiger partial charge in [-0.25, -0.2) is 0 Å². The molecule has 0 radical (unpaired) electrons. The summed E-state index contributed by atoms with van der Waals surface area (Å²) in [6, 6.07) is 7.27. The highest BCUT2D eigenvalue weighted by atomic mass is 35.5. The van der Waals surface area contributed by atoms with Crippen molar-refractivity contribution >= 4 is 35.2 Å². The Balaban J connectivity index is 1.99. The van der Waals surface area contributed by atoms with Gasteiger partial charge >= 0.3 is 5.97 Å². The molecule has 1 aromatic rings. The molecule has 0 spiro atoms. The Labute approximate surface area is 144 Å². The number of nitrogens with one attached hydrogen (secondary N) is 1. The fourth-order valence-corrected chi connectivity index (χ4v) is 3.52. The standard InChI is InChI=1S/C16H20ClNO4S/c1-11(23-13-4-2-12(17)3-5-13)15(21)18-16(10-14(19)20)6-8-22-9-7-16/h2-5,11H,6-10H2,1H3,(H,18,21)(H,19,20). The largest absolute Gasteiger partial charge is 0.481 e. The summed E-state index contributed by atoms with van der Waals surface area (Å²) in [6.45, 7) is 2.74. The number of amides is 1. The van der Waals surface area contributed by atoms with Gasteiger partial charge in [0.15, 0.2) is 0 Å². The van der Waals surface area contributed by atoms with E-state index in [1.165, 1.54) is 11.8 Å². The van der Waals surface area contributed by atoms with Crippen LogP contribution in [-0.4, -0.2) is 41.0 Å². The molecule has 1 atom stereocenters. The van der Waals surface area contributed by atoms with E-state index >= 15 is 0 Å². The molecule has 0 saturated carbocycles. The highest BCUT2D eigenvalue weighted by Gasteiger charge is 2.37. The van der Waals surface area contributed by atoms with Crippen molar-refractivity contribution in [3.05, 3.63) is 29.3 Å². The van der Waals surface area contributed by atoms with Gasteiger partial charge < -0.3 is 15.2 Å². The average Bonchev–Trinajstić information content (AvgIpc) is 2.49. The summed E-state index contributed by atoms with van der Waals surface area (Å²) < 4.78 is 5.29. The third-order valence-electron chi connectivity index (χ3n) is 3.82. The normalized spacial score (nSPS) is 18.2. The Bertz CT molecular complexity index is 558. The number of ether oxygens (including phenoxy) is 1. The van der Waals surface area contributed by atoms with E-state index in [1.54, 1.807) is 12.1 Å². The second kappa shape index (κ2) is 8.04. The Morgan fingerprint density at radius 1 is 1.35 bits per heavy atom. The molecule has 1 unspecified atom stereocenters. The zero-order chi connectivity index (χ0) is 16.9. The van der Waals surface area contributed by atoms with Crippen molar-refractivity contribution in [1.82, 2.24) is 5.32 Å². The molecule has 0 aromatic heterocycles. The van der Waals surface area contributed by atoms with Crippen molar-refractivity contribution in [3.8, 4) is 0 Å². The summed E-state index contributed by atoms with van der Waals surface area (Å²) in [4.78, 5) is 24.6. The summed E-state index contributed by atoms with van der Waals surface area (Å²) in [5.41, 5.74) is -0.712. The Kier molecular flexibility index (Phi) is 6.33. The minimum Gasteiger partial charge on any atom is -0.481 e.